The molecule has 0 radical (unpaired) electrons. The zero-order valence-electron chi connectivity index (χ0n) is 9.62. The minimum absolute atomic E-state index is 0.0968. The van der Waals surface area contributed by atoms with E-state index in [-0.39, 0.29) is 16.3 Å². The zero-order valence-corrected chi connectivity index (χ0v) is 10.4. The second kappa shape index (κ2) is 6.12. The van der Waals surface area contributed by atoms with Gasteiger partial charge in [-0.15, -0.1) is 0 Å². The van der Waals surface area contributed by atoms with Crippen molar-refractivity contribution in [3.63, 3.8) is 0 Å². The lowest BCUT2D eigenvalue weighted by Crippen LogP contribution is -2.40. The molecule has 1 aromatic carbocycles. The lowest BCUT2D eigenvalue weighted by atomic mass is 10.2. The van der Waals surface area contributed by atoms with E-state index in [1.54, 1.807) is 0 Å². The number of hydrogen-bond donors (Lipinski definition) is 2. The Labute approximate surface area is 112 Å². The summed E-state index contributed by atoms with van der Waals surface area (Å²) in [4.78, 5) is 12.3. The monoisotopic (exact) mass is 297 g/mol. The molecule has 0 unspecified atom stereocenters. The Hall–Kier alpha value is -1.47. The van der Waals surface area contributed by atoms with Gasteiger partial charge < -0.3 is 15.1 Å². The summed E-state index contributed by atoms with van der Waals surface area (Å²) in [7, 11) is 0. The number of hydrogen-bond acceptors (Lipinski definition) is 3. The molecular formula is C11H11ClF3NO3. The molecule has 1 rings (SSSR count). The molecule has 1 amide bonds. The average Bonchev–Trinajstić information content (AvgIpc) is 2.29. The highest BCUT2D eigenvalue weighted by molar-refractivity contribution is 6.32. The van der Waals surface area contributed by atoms with Gasteiger partial charge in [0.1, 0.15) is 12.3 Å². The molecule has 4 nitrogen and oxygen atoms in total. The summed E-state index contributed by atoms with van der Waals surface area (Å²) in [6.45, 7) is -2.50. The molecule has 0 aliphatic heterocycles. The van der Waals surface area contributed by atoms with Gasteiger partial charge in [0, 0.05) is 12.1 Å². The van der Waals surface area contributed by atoms with Gasteiger partial charge >= 0.3 is 6.18 Å². The molecule has 0 saturated heterocycles. The summed E-state index contributed by atoms with van der Waals surface area (Å²) in [5.74, 6) is -1.20. The summed E-state index contributed by atoms with van der Waals surface area (Å²) in [6.07, 6.45) is -4.56. The standard InChI is InChI=1S/C11H11ClF3NO3/c12-8-5-7(1-2-9(8)18)10(19)16(3-4-17)6-11(13,14)15/h1-2,5,17-18H,3-4,6H2. The number of alkyl halides is 3. The quantitative estimate of drug-likeness (QED) is 0.894. The van der Waals surface area contributed by atoms with Gasteiger partial charge in [0.2, 0.25) is 0 Å². The van der Waals surface area contributed by atoms with E-state index in [4.69, 9.17) is 16.7 Å². The number of carbonyl (C=O) groups is 1. The second-order valence-corrected chi connectivity index (χ2v) is 4.14. The van der Waals surface area contributed by atoms with Crippen molar-refractivity contribution in [1.82, 2.24) is 4.90 Å². The van der Waals surface area contributed by atoms with Gasteiger partial charge in [-0.3, -0.25) is 4.79 Å². The summed E-state index contributed by atoms with van der Waals surface area (Å²) >= 11 is 5.58. The van der Waals surface area contributed by atoms with Crippen molar-refractivity contribution >= 4 is 17.5 Å². The maximum atomic E-state index is 12.3. The van der Waals surface area contributed by atoms with Crippen LogP contribution >= 0.6 is 11.6 Å². The fourth-order valence-electron chi connectivity index (χ4n) is 1.41. The zero-order chi connectivity index (χ0) is 14.6. The number of aliphatic hydroxyl groups is 1. The van der Waals surface area contributed by atoms with E-state index < -0.39 is 31.8 Å². The number of halogens is 4. The third kappa shape index (κ3) is 4.60. The molecular weight excluding hydrogens is 287 g/mol. The van der Waals surface area contributed by atoms with Gasteiger partial charge in [0.15, 0.2) is 0 Å². The van der Waals surface area contributed by atoms with Gasteiger partial charge in [-0.05, 0) is 18.2 Å². The number of aliphatic hydroxyl groups excluding tert-OH is 1. The summed E-state index contributed by atoms with van der Waals surface area (Å²) < 4.78 is 36.9. The molecule has 0 spiro atoms. The number of amides is 1. The van der Waals surface area contributed by atoms with Crippen molar-refractivity contribution in [2.75, 3.05) is 19.7 Å². The molecule has 0 fully saturated rings. The smallest absolute Gasteiger partial charge is 0.406 e. The molecule has 106 valence electrons. The van der Waals surface area contributed by atoms with Crippen LogP contribution in [-0.2, 0) is 0 Å². The Bertz CT molecular complexity index is 465. The normalized spacial score (nSPS) is 11.4. The lowest BCUT2D eigenvalue weighted by Gasteiger charge is -2.23. The highest BCUT2D eigenvalue weighted by atomic mass is 35.5. The fraction of sp³-hybridized carbons (Fsp3) is 0.364. The predicted octanol–water partition coefficient (Wildman–Crippen LogP) is 2.04. The number of phenolic OH excluding ortho intramolecular Hbond substituents is 1. The third-order valence-electron chi connectivity index (χ3n) is 2.22. The van der Waals surface area contributed by atoms with Crippen LogP contribution in [0.5, 0.6) is 5.75 Å². The van der Waals surface area contributed by atoms with E-state index in [1.165, 1.54) is 0 Å². The lowest BCUT2D eigenvalue weighted by molar-refractivity contribution is -0.141. The number of phenols is 1. The first-order chi connectivity index (χ1) is 8.74. The van der Waals surface area contributed by atoms with Crippen molar-refractivity contribution in [3.8, 4) is 5.75 Å². The van der Waals surface area contributed by atoms with Gasteiger partial charge in [0.05, 0.1) is 11.6 Å². The fourth-order valence-corrected chi connectivity index (χ4v) is 1.59. The predicted molar refractivity (Wildman–Crippen MR) is 62.2 cm³/mol. The van der Waals surface area contributed by atoms with Gasteiger partial charge in [-0.25, -0.2) is 0 Å². The largest absolute Gasteiger partial charge is 0.506 e. The first-order valence-electron chi connectivity index (χ1n) is 5.20. The molecule has 1 aromatic rings. The Morgan fingerprint density at radius 3 is 2.47 bits per heavy atom. The van der Waals surface area contributed by atoms with Crippen molar-refractivity contribution < 1.29 is 28.2 Å². The van der Waals surface area contributed by atoms with Crippen molar-refractivity contribution in [3.05, 3.63) is 28.8 Å². The molecule has 0 bridgehead atoms. The second-order valence-electron chi connectivity index (χ2n) is 3.73. The number of aromatic hydroxyl groups is 1. The Morgan fingerprint density at radius 2 is 2.00 bits per heavy atom. The molecule has 0 atom stereocenters. The third-order valence-corrected chi connectivity index (χ3v) is 2.52. The highest BCUT2D eigenvalue weighted by Crippen LogP contribution is 2.25. The molecule has 0 heterocycles. The SMILES string of the molecule is O=C(c1ccc(O)c(Cl)c1)N(CCO)CC(F)(F)F. The molecule has 19 heavy (non-hydrogen) atoms. The maximum absolute atomic E-state index is 12.3. The van der Waals surface area contributed by atoms with Gasteiger partial charge in [-0.2, -0.15) is 13.2 Å². The van der Waals surface area contributed by atoms with Crippen LogP contribution in [0.1, 0.15) is 10.4 Å². The average molecular weight is 298 g/mol. The Kier molecular flexibility index (Phi) is 5.02. The summed E-state index contributed by atoms with van der Waals surface area (Å²) in [6, 6.07) is 3.34. The molecule has 0 aliphatic carbocycles. The first-order valence-corrected chi connectivity index (χ1v) is 5.58. The van der Waals surface area contributed by atoms with E-state index in [2.05, 4.69) is 0 Å². The minimum atomic E-state index is -4.56. The molecule has 2 N–H and O–H groups in total. The van der Waals surface area contributed by atoms with Gasteiger partial charge in [-0.1, -0.05) is 11.6 Å². The molecule has 8 heteroatoms. The van der Waals surface area contributed by atoms with E-state index in [9.17, 15) is 23.1 Å². The number of rotatable bonds is 4. The van der Waals surface area contributed by atoms with E-state index in [1.807, 2.05) is 0 Å². The Morgan fingerprint density at radius 1 is 1.37 bits per heavy atom. The Balaban J connectivity index is 2.95. The number of carbonyl (C=O) groups excluding carboxylic acids is 1. The maximum Gasteiger partial charge on any atom is 0.406 e. The first kappa shape index (κ1) is 15.6. The van der Waals surface area contributed by atoms with Crippen LogP contribution in [0.4, 0.5) is 13.2 Å². The summed E-state index contributed by atoms with van der Waals surface area (Å²) in [5, 5.41) is 17.7. The molecule has 0 aromatic heterocycles. The van der Waals surface area contributed by atoms with E-state index in [0.29, 0.717) is 4.90 Å². The van der Waals surface area contributed by atoms with Crippen molar-refractivity contribution in [2.45, 2.75) is 6.18 Å². The number of benzene rings is 1. The topological polar surface area (TPSA) is 60.8 Å². The van der Waals surface area contributed by atoms with Crippen LogP contribution in [0, 0.1) is 0 Å². The molecule has 0 aliphatic rings. The van der Waals surface area contributed by atoms with Gasteiger partial charge in [0.25, 0.3) is 5.91 Å². The van der Waals surface area contributed by atoms with Crippen molar-refractivity contribution in [1.29, 1.82) is 0 Å². The minimum Gasteiger partial charge on any atom is -0.506 e. The number of nitrogens with zero attached hydrogens (tertiary/aromatic N) is 1. The van der Waals surface area contributed by atoms with Crippen LogP contribution in [0.15, 0.2) is 18.2 Å². The van der Waals surface area contributed by atoms with E-state index >= 15 is 0 Å². The highest BCUT2D eigenvalue weighted by Gasteiger charge is 2.33. The van der Waals surface area contributed by atoms with Crippen molar-refractivity contribution in [2.24, 2.45) is 0 Å². The van der Waals surface area contributed by atoms with Crippen LogP contribution in [-0.4, -0.2) is 46.9 Å². The van der Waals surface area contributed by atoms with Crippen LogP contribution in [0.3, 0.4) is 0 Å². The summed E-state index contributed by atoms with van der Waals surface area (Å²) in [5.41, 5.74) is -0.0968. The van der Waals surface area contributed by atoms with Crippen LogP contribution < -0.4 is 0 Å². The molecule has 0 saturated carbocycles. The van der Waals surface area contributed by atoms with Crippen LogP contribution in [0.2, 0.25) is 5.02 Å². The van der Waals surface area contributed by atoms with E-state index in [0.717, 1.165) is 18.2 Å². The van der Waals surface area contributed by atoms with Crippen LogP contribution in [0.25, 0.3) is 0 Å².